The number of hydrogen-bond donors (Lipinski definition) is 6. The van der Waals surface area contributed by atoms with Crippen LogP contribution in [0.1, 0.15) is 103 Å². The van der Waals surface area contributed by atoms with E-state index in [1.807, 2.05) is 88.7 Å². The monoisotopic (exact) mass is 1040 g/mol. The summed E-state index contributed by atoms with van der Waals surface area (Å²) in [4.78, 5) is 75.7. The first-order chi connectivity index (χ1) is 35.4. The second-order valence-electron chi connectivity index (χ2n) is 19.8. The van der Waals surface area contributed by atoms with Crippen LogP contribution in [0.5, 0.6) is 17.2 Å². The van der Waals surface area contributed by atoms with E-state index in [-0.39, 0.29) is 60.4 Å². The Hall–Kier alpha value is -7.40. The van der Waals surface area contributed by atoms with E-state index >= 15 is 0 Å². The van der Waals surface area contributed by atoms with Crippen LogP contribution in [0.4, 0.5) is 0 Å². The van der Waals surface area contributed by atoms with Gasteiger partial charge in [-0.2, -0.15) is 0 Å². The Morgan fingerprint density at radius 2 is 1.47 bits per heavy atom. The summed E-state index contributed by atoms with van der Waals surface area (Å²) in [5.74, 6) is -0.692. The maximum absolute atomic E-state index is 14.1. The average molecular weight is 1040 g/mol. The number of amides is 4. The molecule has 2 aromatic heterocycles. The van der Waals surface area contributed by atoms with Crippen LogP contribution in [0.3, 0.4) is 0 Å². The van der Waals surface area contributed by atoms with Gasteiger partial charge in [0, 0.05) is 57.6 Å². The zero-order valence-electron chi connectivity index (χ0n) is 42.0. The van der Waals surface area contributed by atoms with Crippen molar-refractivity contribution in [1.29, 1.82) is 0 Å². The summed E-state index contributed by atoms with van der Waals surface area (Å²) < 4.78 is 6.70. The number of aromatic hydroxyl groups is 2. The molecule has 0 radical (unpaired) electrons. The number of hydrogen-bond acceptors (Lipinski definition) is 12. The van der Waals surface area contributed by atoms with Crippen molar-refractivity contribution in [2.45, 2.75) is 91.0 Å². The fourth-order valence-electron chi connectivity index (χ4n) is 9.05. The molecular weight excluding hydrogens is 975 g/mol. The van der Waals surface area contributed by atoms with Crippen LogP contribution >= 0.6 is 22.7 Å². The summed E-state index contributed by atoms with van der Waals surface area (Å²) in [6, 6.07) is 31.4. The normalized spacial score (nSPS) is 15.4. The molecule has 16 heteroatoms. The van der Waals surface area contributed by atoms with E-state index in [1.54, 1.807) is 78.1 Å². The molecule has 1 fully saturated rings. The summed E-state index contributed by atoms with van der Waals surface area (Å²) in [5.41, 5.74) is 7.09. The number of phenolic OH excluding ortho intramolecular Hbond substituents is 2. The van der Waals surface area contributed by atoms with Gasteiger partial charge in [-0.05, 0) is 128 Å². The van der Waals surface area contributed by atoms with Crippen molar-refractivity contribution in [3.05, 3.63) is 154 Å². The van der Waals surface area contributed by atoms with Gasteiger partial charge in [0.05, 0.1) is 34.8 Å². The second kappa shape index (κ2) is 23.2. The van der Waals surface area contributed by atoms with Gasteiger partial charge < -0.3 is 40.9 Å². The molecule has 4 amide bonds. The van der Waals surface area contributed by atoms with Gasteiger partial charge in [-0.1, -0.05) is 69.3 Å². The Labute approximate surface area is 438 Å². The topological polar surface area (TPSA) is 207 Å². The number of thiophene rings is 1. The van der Waals surface area contributed by atoms with E-state index in [0.717, 1.165) is 37.5 Å². The number of likely N-dealkylation sites (tertiary alicyclic amines) is 1. The van der Waals surface area contributed by atoms with Crippen molar-refractivity contribution in [3.8, 4) is 38.1 Å². The van der Waals surface area contributed by atoms with E-state index in [9.17, 15) is 39.3 Å². The quantitative estimate of drug-likeness (QED) is 0.0334. The highest BCUT2D eigenvalue weighted by atomic mass is 32.1. The highest BCUT2D eigenvalue weighted by Gasteiger charge is 2.44. The molecule has 14 nitrogen and oxygen atoms in total. The van der Waals surface area contributed by atoms with Gasteiger partial charge in [0.1, 0.15) is 29.3 Å². The minimum absolute atomic E-state index is 0.0109. The molecule has 4 atom stereocenters. The molecule has 74 heavy (non-hydrogen) atoms. The number of aliphatic hydroxyl groups excluding tert-OH is 1. The average Bonchev–Trinajstić information content (AvgIpc) is 4.12. The van der Waals surface area contributed by atoms with Crippen molar-refractivity contribution in [3.63, 3.8) is 0 Å². The van der Waals surface area contributed by atoms with Crippen molar-refractivity contribution < 1.29 is 44.0 Å². The number of ketones is 1. The molecule has 0 spiro atoms. The lowest BCUT2D eigenvalue weighted by Crippen LogP contribution is -2.57. The molecule has 1 saturated heterocycles. The Balaban J connectivity index is 0.758. The lowest BCUT2D eigenvalue weighted by molar-refractivity contribution is -0.144. The predicted molar refractivity (Wildman–Crippen MR) is 289 cm³/mol. The van der Waals surface area contributed by atoms with Crippen LogP contribution in [-0.4, -0.2) is 92.5 Å². The summed E-state index contributed by atoms with van der Waals surface area (Å²) in [6.07, 6.45) is 1.07. The summed E-state index contributed by atoms with van der Waals surface area (Å²) in [7, 11) is 0. The van der Waals surface area contributed by atoms with Gasteiger partial charge in [-0.15, -0.1) is 22.7 Å². The van der Waals surface area contributed by atoms with Crippen LogP contribution in [0.25, 0.3) is 31.0 Å². The number of phenols is 2. The van der Waals surface area contributed by atoms with Gasteiger partial charge in [0.2, 0.25) is 17.7 Å². The standard InChI is InChI=1S/C58H61N5O9S2/c1-34(37-11-15-39(16-12-37)52-35(2)60-33-73-52)61-56(70)47-30-44(66)32-63(47)57(71)54(58(3,4)5)62-49(67)8-6-7-29-72-45-24-9-36(10-25-45)27-28-59-55(69)41-17-13-38(14-18-41)51(68)50-46-26-23-43(65)31-48(46)74-53(50)40-19-21-42(64)22-20-40/h9-26,31,33-34,44,47,54,64-66H,6-8,27-30,32H2,1-5H3,(H,59,69)(H,61,70)(H,62,67)/t34-,44+,47-,54+/m0/s1. The van der Waals surface area contributed by atoms with Crippen molar-refractivity contribution in [2.24, 2.45) is 5.41 Å². The minimum atomic E-state index is -0.923. The number of benzene rings is 5. The van der Waals surface area contributed by atoms with Crippen molar-refractivity contribution >= 4 is 62.2 Å². The first-order valence-corrected chi connectivity index (χ1v) is 26.4. The van der Waals surface area contributed by atoms with Gasteiger partial charge in [0.25, 0.3) is 5.91 Å². The van der Waals surface area contributed by atoms with Crippen molar-refractivity contribution in [2.75, 3.05) is 19.7 Å². The molecule has 0 unspecified atom stereocenters. The van der Waals surface area contributed by atoms with Gasteiger partial charge in [-0.25, -0.2) is 4.98 Å². The minimum Gasteiger partial charge on any atom is -0.508 e. The number of thiazole rings is 1. The SMILES string of the molecule is Cc1ncsc1-c1ccc([C@H](C)NC(=O)[C@@H]2C[C@@H](O)CN2C(=O)[C@@H](NC(=O)CCCCOc2ccc(CCNC(=O)c3ccc(C(=O)c4c(-c5ccc(O)cc5)sc5cc(O)ccc45)cc3)cc2)C(C)(C)C)cc1. The maximum Gasteiger partial charge on any atom is 0.251 e. The zero-order chi connectivity index (χ0) is 52.7. The first kappa shape index (κ1) is 52.9. The number of aryl methyl sites for hydroxylation is 1. The van der Waals surface area contributed by atoms with Crippen LogP contribution in [-0.2, 0) is 20.8 Å². The van der Waals surface area contributed by atoms with E-state index < -0.39 is 29.5 Å². The molecule has 5 aromatic carbocycles. The number of rotatable bonds is 19. The lowest BCUT2D eigenvalue weighted by atomic mass is 9.85. The van der Waals surface area contributed by atoms with E-state index in [1.165, 1.54) is 16.2 Å². The zero-order valence-corrected chi connectivity index (χ0v) is 43.6. The fraction of sp³-hybridized carbons (Fsp3) is 0.310. The molecule has 6 N–H and O–H groups in total. The molecule has 7 aromatic rings. The van der Waals surface area contributed by atoms with Gasteiger partial charge in [-0.3, -0.25) is 24.0 Å². The molecule has 384 valence electrons. The third kappa shape index (κ3) is 12.7. The van der Waals surface area contributed by atoms with Gasteiger partial charge >= 0.3 is 0 Å². The highest BCUT2D eigenvalue weighted by molar-refractivity contribution is 7.22. The second-order valence-corrected chi connectivity index (χ2v) is 21.7. The molecule has 0 saturated carbocycles. The van der Waals surface area contributed by atoms with Crippen LogP contribution in [0.2, 0.25) is 0 Å². The maximum atomic E-state index is 14.1. The molecule has 0 bridgehead atoms. The lowest BCUT2D eigenvalue weighted by Gasteiger charge is -2.35. The number of carbonyl (C=O) groups is 5. The van der Waals surface area contributed by atoms with E-state index in [2.05, 4.69) is 20.9 Å². The Morgan fingerprint density at radius 3 is 2.15 bits per heavy atom. The smallest absolute Gasteiger partial charge is 0.251 e. The third-order valence-corrected chi connectivity index (χ3v) is 15.4. The van der Waals surface area contributed by atoms with E-state index in [0.29, 0.717) is 65.1 Å². The largest absolute Gasteiger partial charge is 0.508 e. The Kier molecular flexibility index (Phi) is 16.6. The summed E-state index contributed by atoms with van der Waals surface area (Å²) >= 11 is 2.95. The van der Waals surface area contributed by atoms with Gasteiger partial charge in [0.15, 0.2) is 5.78 Å². The number of nitrogens with zero attached hydrogens (tertiary/aromatic N) is 2. The Bertz CT molecular complexity index is 3130. The number of ether oxygens (including phenoxy) is 1. The summed E-state index contributed by atoms with van der Waals surface area (Å²) in [6.45, 7) is 10.2. The molecule has 1 aliphatic heterocycles. The predicted octanol–water partition coefficient (Wildman–Crippen LogP) is 9.53. The molecule has 3 heterocycles. The van der Waals surface area contributed by atoms with Crippen molar-refractivity contribution in [1.82, 2.24) is 25.8 Å². The number of unbranched alkanes of at least 4 members (excludes halogenated alkanes) is 1. The number of fused-ring (bicyclic) bond motifs is 1. The fourth-order valence-corrected chi connectivity index (χ4v) is 11.1. The Morgan fingerprint density at radius 1 is 0.811 bits per heavy atom. The number of β-amino-alcohol motifs (C(OH)–C–C–N with tert-alkyl or cyclic N) is 1. The van der Waals surface area contributed by atoms with Crippen LogP contribution in [0.15, 0.2) is 121 Å². The number of aromatic nitrogens is 1. The van der Waals surface area contributed by atoms with E-state index in [4.69, 9.17) is 4.74 Å². The number of carbonyl (C=O) groups excluding carboxylic acids is 5. The van der Waals surface area contributed by atoms with Crippen LogP contribution < -0.4 is 20.7 Å². The molecular formula is C58H61N5O9S2. The summed E-state index contributed by atoms with van der Waals surface area (Å²) in [5, 5.41) is 40.2. The number of nitrogens with one attached hydrogen (secondary N) is 3. The number of aliphatic hydroxyl groups is 1. The van der Waals surface area contributed by atoms with Crippen LogP contribution in [0, 0.1) is 12.3 Å². The first-order valence-electron chi connectivity index (χ1n) is 24.7. The highest BCUT2D eigenvalue weighted by Crippen LogP contribution is 2.41. The molecule has 8 rings (SSSR count). The molecule has 0 aliphatic carbocycles. The third-order valence-electron chi connectivity index (χ3n) is 13.2. The molecule has 1 aliphatic rings.